The average molecular weight is 247 g/mol. The van der Waals surface area contributed by atoms with Gasteiger partial charge in [-0.05, 0) is 17.9 Å². The number of hydrogen-bond donors (Lipinski definition) is 1. The standard InChI is InChI=1S/C15H21NO2/c1-11(2)14-8-13(9-16-14)15(17)18-10-12-6-4-3-5-7-12/h3-7,11,13-14,16H,8-10H2,1-2H3. The minimum absolute atomic E-state index is 0.0149. The second-order valence-electron chi connectivity index (χ2n) is 5.28. The van der Waals surface area contributed by atoms with Gasteiger partial charge >= 0.3 is 5.97 Å². The van der Waals surface area contributed by atoms with E-state index < -0.39 is 0 Å². The molecule has 1 N–H and O–H groups in total. The van der Waals surface area contributed by atoms with Crippen molar-refractivity contribution in [1.29, 1.82) is 0 Å². The number of carbonyl (C=O) groups excluding carboxylic acids is 1. The molecule has 1 aliphatic heterocycles. The van der Waals surface area contributed by atoms with Gasteiger partial charge in [-0.3, -0.25) is 4.79 Å². The van der Waals surface area contributed by atoms with Crippen molar-refractivity contribution in [3.05, 3.63) is 35.9 Å². The largest absolute Gasteiger partial charge is 0.461 e. The molecule has 1 heterocycles. The third-order valence-electron chi connectivity index (χ3n) is 3.53. The zero-order valence-electron chi connectivity index (χ0n) is 11.1. The molecule has 0 amide bonds. The van der Waals surface area contributed by atoms with E-state index >= 15 is 0 Å². The van der Waals surface area contributed by atoms with E-state index in [9.17, 15) is 4.79 Å². The van der Waals surface area contributed by atoms with E-state index in [1.165, 1.54) is 0 Å². The minimum Gasteiger partial charge on any atom is -0.461 e. The Balaban J connectivity index is 1.79. The van der Waals surface area contributed by atoms with Crippen LogP contribution in [0.15, 0.2) is 30.3 Å². The Morgan fingerprint density at radius 1 is 1.39 bits per heavy atom. The maximum atomic E-state index is 11.9. The summed E-state index contributed by atoms with van der Waals surface area (Å²) in [6.07, 6.45) is 0.894. The quantitative estimate of drug-likeness (QED) is 0.830. The summed E-state index contributed by atoms with van der Waals surface area (Å²) < 4.78 is 5.36. The molecule has 18 heavy (non-hydrogen) atoms. The zero-order chi connectivity index (χ0) is 13.0. The van der Waals surface area contributed by atoms with E-state index in [1.807, 2.05) is 30.3 Å². The van der Waals surface area contributed by atoms with Crippen molar-refractivity contribution in [2.75, 3.05) is 6.54 Å². The van der Waals surface area contributed by atoms with Gasteiger partial charge in [0.2, 0.25) is 0 Å². The van der Waals surface area contributed by atoms with Crippen molar-refractivity contribution < 1.29 is 9.53 Å². The number of ether oxygens (including phenoxy) is 1. The Kier molecular flexibility index (Phi) is 4.37. The SMILES string of the molecule is CC(C)C1CC(C(=O)OCc2ccccc2)CN1. The number of hydrogen-bond acceptors (Lipinski definition) is 3. The summed E-state index contributed by atoms with van der Waals surface area (Å²) in [5.74, 6) is 0.507. The van der Waals surface area contributed by atoms with Crippen LogP contribution in [0.25, 0.3) is 0 Å². The number of benzene rings is 1. The molecule has 0 bridgehead atoms. The molecule has 1 aromatic rings. The fraction of sp³-hybridized carbons (Fsp3) is 0.533. The molecule has 1 aliphatic rings. The Hall–Kier alpha value is -1.35. The summed E-state index contributed by atoms with van der Waals surface area (Å²) in [6.45, 7) is 5.48. The van der Waals surface area contributed by atoms with E-state index in [0.29, 0.717) is 18.6 Å². The summed E-state index contributed by atoms with van der Waals surface area (Å²) in [6, 6.07) is 10.2. The Morgan fingerprint density at radius 2 is 2.11 bits per heavy atom. The summed E-state index contributed by atoms with van der Waals surface area (Å²) >= 11 is 0. The van der Waals surface area contributed by atoms with Crippen molar-refractivity contribution in [3.63, 3.8) is 0 Å². The topological polar surface area (TPSA) is 38.3 Å². The van der Waals surface area contributed by atoms with E-state index in [0.717, 1.165) is 18.5 Å². The fourth-order valence-electron chi connectivity index (χ4n) is 2.30. The predicted octanol–water partition coefficient (Wildman–Crippen LogP) is 2.36. The van der Waals surface area contributed by atoms with Crippen molar-refractivity contribution in [3.8, 4) is 0 Å². The fourth-order valence-corrected chi connectivity index (χ4v) is 2.30. The third kappa shape index (κ3) is 3.33. The van der Waals surface area contributed by atoms with Crippen molar-refractivity contribution in [2.24, 2.45) is 11.8 Å². The van der Waals surface area contributed by atoms with Gasteiger partial charge in [-0.2, -0.15) is 0 Å². The molecule has 0 spiro atoms. The summed E-state index contributed by atoms with van der Waals surface area (Å²) in [5.41, 5.74) is 1.04. The first-order chi connectivity index (χ1) is 8.66. The molecule has 0 aliphatic carbocycles. The van der Waals surface area contributed by atoms with Gasteiger partial charge in [-0.15, -0.1) is 0 Å². The highest BCUT2D eigenvalue weighted by atomic mass is 16.5. The van der Waals surface area contributed by atoms with Crippen LogP contribution in [0.5, 0.6) is 0 Å². The number of esters is 1. The molecular weight excluding hydrogens is 226 g/mol. The first-order valence-electron chi connectivity index (χ1n) is 6.60. The van der Waals surface area contributed by atoms with Crippen LogP contribution in [0, 0.1) is 11.8 Å². The van der Waals surface area contributed by atoms with Gasteiger partial charge in [0.15, 0.2) is 0 Å². The van der Waals surface area contributed by atoms with E-state index in [2.05, 4.69) is 19.2 Å². The predicted molar refractivity (Wildman–Crippen MR) is 71.0 cm³/mol. The highest BCUT2D eigenvalue weighted by molar-refractivity contribution is 5.73. The maximum Gasteiger partial charge on any atom is 0.310 e. The van der Waals surface area contributed by atoms with Crippen molar-refractivity contribution in [2.45, 2.75) is 32.9 Å². The van der Waals surface area contributed by atoms with Crippen LogP contribution < -0.4 is 5.32 Å². The molecule has 0 saturated carbocycles. The van der Waals surface area contributed by atoms with Crippen LogP contribution in [0.2, 0.25) is 0 Å². The van der Waals surface area contributed by atoms with Crippen LogP contribution in [-0.4, -0.2) is 18.6 Å². The second kappa shape index (κ2) is 6.01. The van der Waals surface area contributed by atoms with Gasteiger partial charge in [-0.1, -0.05) is 44.2 Å². The number of carbonyl (C=O) groups is 1. The molecule has 2 atom stereocenters. The van der Waals surface area contributed by atoms with Crippen LogP contribution in [0.4, 0.5) is 0 Å². The lowest BCUT2D eigenvalue weighted by molar-refractivity contribution is -0.149. The molecule has 1 saturated heterocycles. The lowest BCUT2D eigenvalue weighted by Crippen LogP contribution is -2.26. The first-order valence-corrected chi connectivity index (χ1v) is 6.60. The molecular formula is C15H21NO2. The lowest BCUT2D eigenvalue weighted by Gasteiger charge is -2.14. The Morgan fingerprint density at radius 3 is 2.72 bits per heavy atom. The molecule has 1 fully saturated rings. The molecule has 2 rings (SSSR count). The molecule has 0 aromatic heterocycles. The van der Waals surface area contributed by atoms with E-state index in [1.54, 1.807) is 0 Å². The second-order valence-corrected chi connectivity index (χ2v) is 5.28. The first kappa shape index (κ1) is 13.1. The van der Waals surface area contributed by atoms with Gasteiger partial charge in [0.1, 0.15) is 6.61 Å². The van der Waals surface area contributed by atoms with Crippen LogP contribution in [-0.2, 0) is 16.1 Å². The molecule has 3 nitrogen and oxygen atoms in total. The van der Waals surface area contributed by atoms with E-state index in [4.69, 9.17) is 4.74 Å². The van der Waals surface area contributed by atoms with Gasteiger partial charge in [0, 0.05) is 12.6 Å². The Bertz CT molecular complexity index is 389. The summed E-state index contributed by atoms with van der Waals surface area (Å²) in [5, 5.41) is 3.38. The van der Waals surface area contributed by atoms with Gasteiger partial charge in [0.05, 0.1) is 5.92 Å². The molecule has 0 radical (unpaired) electrons. The highest BCUT2D eigenvalue weighted by Crippen LogP contribution is 2.21. The van der Waals surface area contributed by atoms with Gasteiger partial charge < -0.3 is 10.1 Å². The van der Waals surface area contributed by atoms with Crippen LogP contribution >= 0.6 is 0 Å². The van der Waals surface area contributed by atoms with Crippen LogP contribution in [0.3, 0.4) is 0 Å². The van der Waals surface area contributed by atoms with Crippen LogP contribution in [0.1, 0.15) is 25.8 Å². The third-order valence-corrected chi connectivity index (χ3v) is 3.53. The molecule has 1 aromatic carbocycles. The molecule has 3 heteroatoms. The van der Waals surface area contributed by atoms with E-state index in [-0.39, 0.29) is 11.9 Å². The molecule has 2 unspecified atom stereocenters. The molecule has 98 valence electrons. The Labute approximate surface area is 109 Å². The highest BCUT2D eigenvalue weighted by Gasteiger charge is 2.31. The normalized spacial score (nSPS) is 23.3. The minimum atomic E-state index is -0.0745. The monoisotopic (exact) mass is 247 g/mol. The summed E-state index contributed by atoms with van der Waals surface area (Å²) in [4.78, 5) is 11.9. The smallest absolute Gasteiger partial charge is 0.310 e. The zero-order valence-corrected chi connectivity index (χ0v) is 11.1. The average Bonchev–Trinajstić information content (AvgIpc) is 2.87. The van der Waals surface area contributed by atoms with Crippen molar-refractivity contribution >= 4 is 5.97 Å². The maximum absolute atomic E-state index is 11.9. The number of nitrogens with one attached hydrogen (secondary N) is 1. The number of rotatable bonds is 4. The van der Waals surface area contributed by atoms with Gasteiger partial charge in [-0.25, -0.2) is 0 Å². The van der Waals surface area contributed by atoms with Crippen molar-refractivity contribution in [1.82, 2.24) is 5.32 Å². The lowest BCUT2D eigenvalue weighted by atomic mass is 9.98. The summed E-state index contributed by atoms with van der Waals surface area (Å²) in [7, 11) is 0. The van der Waals surface area contributed by atoms with Gasteiger partial charge in [0.25, 0.3) is 0 Å².